The summed E-state index contributed by atoms with van der Waals surface area (Å²) in [6.07, 6.45) is 1.64. The summed E-state index contributed by atoms with van der Waals surface area (Å²) in [4.78, 5) is 29.9. The van der Waals surface area contributed by atoms with Gasteiger partial charge in [-0.25, -0.2) is 0 Å². The van der Waals surface area contributed by atoms with Crippen molar-refractivity contribution >= 4 is 22.6 Å². The zero-order chi connectivity index (χ0) is 24.2. The summed E-state index contributed by atoms with van der Waals surface area (Å²) < 4.78 is 16.7. The maximum Gasteiger partial charge on any atom is 0.287 e. The van der Waals surface area contributed by atoms with E-state index in [1.165, 1.54) is 6.07 Å². The number of hydrogen-bond acceptors (Lipinski definition) is 7. The number of furan rings is 1. The van der Waals surface area contributed by atoms with Gasteiger partial charge in [-0.2, -0.15) is 0 Å². The number of benzene rings is 2. The van der Waals surface area contributed by atoms with Gasteiger partial charge in [0, 0.05) is 44.5 Å². The van der Waals surface area contributed by atoms with Crippen LogP contribution >= 0.6 is 0 Å². The van der Waals surface area contributed by atoms with E-state index in [-0.39, 0.29) is 17.2 Å². The molecule has 4 aromatic rings. The van der Waals surface area contributed by atoms with Crippen LogP contribution in [0.2, 0.25) is 0 Å². The number of methoxy groups -OCH3 is 1. The number of rotatable bonds is 7. The average molecular weight is 474 g/mol. The molecule has 3 heterocycles. The maximum atomic E-state index is 12.9. The summed E-state index contributed by atoms with van der Waals surface area (Å²) >= 11 is 0. The fourth-order valence-electron chi connectivity index (χ4n) is 4.47. The van der Waals surface area contributed by atoms with Crippen LogP contribution in [0.15, 0.2) is 86.6 Å². The summed E-state index contributed by atoms with van der Waals surface area (Å²) in [6, 6.07) is 19.8. The summed E-state index contributed by atoms with van der Waals surface area (Å²) in [5.74, 6) is 1.18. The number of amides is 1. The topological polar surface area (TPSA) is 88.2 Å². The molecule has 1 fully saturated rings. The highest BCUT2D eigenvalue weighted by atomic mass is 16.5. The van der Waals surface area contributed by atoms with Gasteiger partial charge in [-0.3, -0.25) is 14.5 Å². The van der Waals surface area contributed by atoms with Crippen LogP contribution in [0, 0.1) is 0 Å². The van der Waals surface area contributed by atoms with Crippen molar-refractivity contribution in [3.05, 3.63) is 94.7 Å². The van der Waals surface area contributed by atoms with Crippen molar-refractivity contribution in [2.45, 2.75) is 6.04 Å². The molecule has 1 saturated heterocycles. The molecule has 1 aliphatic rings. The van der Waals surface area contributed by atoms with Gasteiger partial charge in [-0.1, -0.05) is 12.1 Å². The highest BCUT2D eigenvalue weighted by molar-refractivity contribution is 5.93. The van der Waals surface area contributed by atoms with Crippen LogP contribution < -0.4 is 20.4 Å². The van der Waals surface area contributed by atoms with Gasteiger partial charge >= 0.3 is 0 Å². The molecule has 180 valence electrons. The average Bonchev–Trinajstić information content (AvgIpc) is 3.44. The zero-order valence-corrected chi connectivity index (χ0v) is 19.5. The molecule has 1 aliphatic heterocycles. The molecule has 0 spiro atoms. The molecular formula is C27H27N3O5. The lowest BCUT2D eigenvalue weighted by molar-refractivity contribution is 0.0896. The molecule has 8 heteroatoms. The van der Waals surface area contributed by atoms with E-state index < -0.39 is 5.91 Å². The van der Waals surface area contributed by atoms with Crippen LogP contribution in [0.25, 0.3) is 11.0 Å². The molecule has 5 rings (SSSR count). The fourth-order valence-corrected chi connectivity index (χ4v) is 4.47. The predicted molar refractivity (Wildman–Crippen MR) is 133 cm³/mol. The Hall–Kier alpha value is -4.04. The number of piperazine rings is 1. The first-order valence-electron chi connectivity index (χ1n) is 11.6. The third kappa shape index (κ3) is 4.93. The molecule has 0 radical (unpaired) electrons. The highest BCUT2D eigenvalue weighted by Crippen LogP contribution is 2.25. The first kappa shape index (κ1) is 22.7. The highest BCUT2D eigenvalue weighted by Gasteiger charge is 2.28. The number of fused-ring (bicyclic) bond motifs is 1. The molecule has 1 atom stereocenters. The van der Waals surface area contributed by atoms with E-state index in [1.54, 1.807) is 37.6 Å². The lowest BCUT2D eigenvalue weighted by Crippen LogP contribution is -2.49. The van der Waals surface area contributed by atoms with E-state index in [9.17, 15) is 9.59 Å². The summed E-state index contributed by atoms with van der Waals surface area (Å²) in [5.41, 5.74) is 1.30. The number of carbonyl (C=O) groups is 1. The Bertz CT molecular complexity index is 1340. The van der Waals surface area contributed by atoms with Crippen LogP contribution in [0.3, 0.4) is 0 Å². The number of carbonyl (C=O) groups excluding carboxylic acids is 1. The molecule has 0 bridgehead atoms. The summed E-state index contributed by atoms with van der Waals surface area (Å²) in [6.45, 7) is 3.62. The Morgan fingerprint density at radius 1 is 1.03 bits per heavy atom. The van der Waals surface area contributed by atoms with Crippen molar-refractivity contribution in [3.63, 3.8) is 0 Å². The normalized spacial score (nSPS) is 15.2. The molecule has 0 aliphatic carbocycles. The van der Waals surface area contributed by atoms with E-state index in [0.29, 0.717) is 17.5 Å². The molecule has 8 nitrogen and oxygen atoms in total. The second-order valence-electron chi connectivity index (χ2n) is 8.43. The van der Waals surface area contributed by atoms with Crippen LogP contribution in [0.1, 0.15) is 22.4 Å². The van der Waals surface area contributed by atoms with Crippen LogP contribution in [-0.4, -0.2) is 50.6 Å². The maximum absolute atomic E-state index is 12.9. The number of ether oxygens (including phenoxy) is 1. The number of para-hydroxylation sites is 1. The Kier molecular flexibility index (Phi) is 6.54. The SMILES string of the molecule is COc1ccc(N2CCN(C(CNC(=O)c3cc(=O)c4ccccc4o3)c3ccco3)CC2)cc1. The quantitative estimate of drug-likeness (QED) is 0.438. The number of nitrogens with one attached hydrogen (secondary N) is 1. The van der Waals surface area contributed by atoms with E-state index >= 15 is 0 Å². The molecule has 35 heavy (non-hydrogen) atoms. The monoisotopic (exact) mass is 473 g/mol. The van der Waals surface area contributed by atoms with Crippen molar-refractivity contribution < 1.29 is 18.4 Å². The number of anilines is 1. The van der Waals surface area contributed by atoms with Gasteiger partial charge in [0.25, 0.3) is 5.91 Å². The zero-order valence-electron chi connectivity index (χ0n) is 19.5. The fraction of sp³-hybridized carbons (Fsp3) is 0.259. The third-order valence-electron chi connectivity index (χ3n) is 6.38. The molecular weight excluding hydrogens is 446 g/mol. The Labute approximate surface area is 202 Å². The Morgan fingerprint density at radius 3 is 2.51 bits per heavy atom. The minimum atomic E-state index is -0.429. The third-order valence-corrected chi connectivity index (χ3v) is 6.38. The largest absolute Gasteiger partial charge is 0.497 e. The molecule has 1 amide bonds. The van der Waals surface area contributed by atoms with E-state index in [0.717, 1.165) is 43.4 Å². The lowest BCUT2D eigenvalue weighted by Gasteiger charge is -2.39. The Morgan fingerprint density at radius 2 is 1.80 bits per heavy atom. The van der Waals surface area contributed by atoms with Crippen molar-refractivity contribution in [1.29, 1.82) is 0 Å². The minimum Gasteiger partial charge on any atom is -0.497 e. The van der Waals surface area contributed by atoms with Gasteiger partial charge in [0.05, 0.1) is 24.8 Å². The Balaban J connectivity index is 1.26. The van der Waals surface area contributed by atoms with E-state index in [2.05, 4.69) is 27.2 Å². The van der Waals surface area contributed by atoms with Crippen molar-refractivity contribution in [1.82, 2.24) is 10.2 Å². The second-order valence-corrected chi connectivity index (χ2v) is 8.43. The molecule has 2 aromatic carbocycles. The first-order valence-corrected chi connectivity index (χ1v) is 11.6. The van der Waals surface area contributed by atoms with Gasteiger partial charge in [-0.15, -0.1) is 0 Å². The summed E-state index contributed by atoms with van der Waals surface area (Å²) in [5, 5.41) is 3.38. The number of hydrogen-bond donors (Lipinski definition) is 1. The smallest absolute Gasteiger partial charge is 0.287 e. The van der Waals surface area contributed by atoms with Crippen LogP contribution in [0.5, 0.6) is 5.75 Å². The van der Waals surface area contributed by atoms with Gasteiger partial charge < -0.3 is 23.8 Å². The minimum absolute atomic E-state index is 0.00350. The van der Waals surface area contributed by atoms with Gasteiger partial charge in [0.2, 0.25) is 0 Å². The standard InChI is InChI=1S/C27H27N3O5/c1-33-20-10-8-19(9-11-20)29-12-14-30(15-13-29)22(25-7-4-16-34-25)18-28-27(32)26-17-23(31)21-5-2-3-6-24(21)35-26/h2-11,16-17,22H,12-15,18H2,1H3,(H,28,32). The van der Waals surface area contributed by atoms with Crippen molar-refractivity contribution in [3.8, 4) is 5.75 Å². The summed E-state index contributed by atoms with van der Waals surface area (Å²) in [7, 11) is 1.66. The van der Waals surface area contributed by atoms with Crippen LogP contribution in [-0.2, 0) is 0 Å². The van der Waals surface area contributed by atoms with Gasteiger partial charge in [0.1, 0.15) is 17.1 Å². The van der Waals surface area contributed by atoms with Gasteiger partial charge in [-0.05, 0) is 48.5 Å². The van der Waals surface area contributed by atoms with E-state index in [4.69, 9.17) is 13.6 Å². The molecule has 1 N–H and O–H groups in total. The van der Waals surface area contributed by atoms with Crippen molar-refractivity contribution in [2.24, 2.45) is 0 Å². The molecule has 1 unspecified atom stereocenters. The van der Waals surface area contributed by atoms with Crippen molar-refractivity contribution in [2.75, 3.05) is 44.7 Å². The predicted octanol–water partition coefficient (Wildman–Crippen LogP) is 3.69. The second kappa shape index (κ2) is 10.1. The number of nitrogens with zero attached hydrogens (tertiary/aromatic N) is 2. The van der Waals surface area contributed by atoms with Crippen LogP contribution in [0.4, 0.5) is 5.69 Å². The lowest BCUT2D eigenvalue weighted by atomic mass is 10.1. The first-order chi connectivity index (χ1) is 17.1. The van der Waals surface area contributed by atoms with E-state index in [1.807, 2.05) is 24.3 Å². The van der Waals surface area contributed by atoms with Gasteiger partial charge in [0.15, 0.2) is 11.2 Å². The molecule has 0 saturated carbocycles. The molecule has 2 aromatic heterocycles.